The summed E-state index contributed by atoms with van der Waals surface area (Å²) in [5.41, 5.74) is 5.25. The number of nitrogens with zero attached hydrogens (tertiary/aromatic N) is 7. The zero-order valence-corrected chi connectivity index (χ0v) is 23.1. The topological polar surface area (TPSA) is 136 Å². The number of fused-ring (bicyclic) bond motifs is 4. The molecule has 4 aromatic rings. The smallest absolute Gasteiger partial charge is 0.240 e. The fourth-order valence-corrected chi connectivity index (χ4v) is 4.92. The van der Waals surface area contributed by atoms with E-state index >= 15 is 0 Å². The van der Waals surface area contributed by atoms with Crippen molar-refractivity contribution in [1.82, 2.24) is 39.6 Å². The lowest BCUT2D eigenvalue weighted by Crippen LogP contribution is -2.38. The Morgan fingerprint density at radius 1 is 1.33 bits per heavy atom. The van der Waals surface area contributed by atoms with Crippen LogP contribution in [-0.4, -0.2) is 76.5 Å². The van der Waals surface area contributed by atoms with Crippen molar-refractivity contribution in [3.05, 3.63) is 34.9 Å². The molecule has 4 aromatic heterocycles. The minimum absolute atomic E-state index is 0.115. The molecule has 1 aliphatic rings. The van der Waals surface area contributed by atoms with Crippen LogP contribution >= 0.6 is 0 Å². The molecule has 0 spiro atoms. The van der Waals surface area contributed by atoms with Crippen LogP contribution in [0.2, 0.25) is 0 Å². The number of ether oxygens (including phenoxy) is 2. The molecule has 2 bridgehead atoms. The van der Waals surface area contributed by atoms with Crippen LogP contribution in [0, 0.1) is 6.92 Å². The van der Waals surface area contributed by atoms with Crippen molar-refractivity contribution in [3.63, 3.8) is 0 Å². The Morgan fingerprint density at radius 3 is 2.85 bits per heavy atom. The molecule has 0 aromatic carbocycles. The molecule has 0 aliphatic carbocycles. The highest BCUT2D eigenvalue weighted by Gasteiger charge is 2.27. The van der Waals surface area contributed by atoms with E-state index in [1.165, 1.54) is 6.92 Å². The first-order valence-electron chi connectivity index (χ1n) is 13.0. The number of aromatic nitrogens is 7. The van der Waals surface area contributed by atoms with Gasteiger partial charge < -0.3 is 19.5 Å². The van der Waals surface area contributed by atoms with Crippen LogP contribution in [-0.2, 0) is 18.4 Å². The molecule has 0 fully saturated rings. The molecule has 12 nitrogen and oxygen atoms in total. The van der Waals surface area contributed by atoms with E-state index in [1.807, 2.05) is 53.0 Å². The third kappa shape index (κ3) is 4.87. The van der Waals surface area contributed by atoms with E-state index < -0.39 is 0 Å². The fourth-order valence-electron chi connectivity index (χ4n) is 4.92. The largest absolute Gasteiger partial charge is 0.476 e. The Bertz CT molecular complexity index is 1550. The number of nitrogens with one attached hydrogen (secondary N) is 1. The number of carbonyl (C=O) groups is 1. The highest BCUT2D eigenvalue weighted by Crippen LogP contribution is 2.35. The minimum atomic E-state index is -0.363. The number of carbonyl (C=O) groups excluding carboxylic acids is 1. The molecule has 39 heavy (non-hydrogen) atoms. The van der Waals surface area contributed by atoms with Gasteiger partial charge in [0.1, 0.15) is 6.10 Å². The molecule has 0 unspecified atom stereocenters. The summed E-state index contributed by atoms with van der Waals surface area (Å²) >= 11 is 0. The third-order valence-corrected chi connectivity index (χ3v) is 6.87. The van der Waals surface area contributed by atoms with Gasteiger partial charge in [-0.25, -0.2) is 4.68 Å². The van der Waals surface area contributed by atoms with Gasteiger partial charge in [0.15, 0.2) is 0 Å². The Labute approximate surface area is 226 Å². The molecule has 5 rings (SSSR count). The molecule has 1 amide bonds. The van der Waals surface area contributed by atoms with Gasteiger partial charge in [0.25, 0.3) is 0 Å². The Balaban J connectivity index is 1.75. The lowest BCUT2D eigenvalue weighted by atomic mass is 10.1. The van der Waals surface area contributed by atoms with Crippen LogP contribution < -0.4 is 9.47 Å². The summed E-state index contributed by atoms with van der Waals surface area (Å²) in [6, 6.07) is 1.65. The first-order valence-corrected chi connectivity index (χ1v) is 13.0. The van der Waals surface area contributed by atoms with Crippen molar-refractivity contribution in [2.45, 2.75) is 53.3 Å². The van der Waals surface area contributed by atoms with Gasteiger partial charge in [-0.15, -0.1) is 5.10 Å². The zero-order valence-electron chi connectivity index (χ0n) is 23.1. The maximum absolute atomic E-state index is 12.9. The number of pyridine rings is 1. The summed E-state index contributed by atoms with van der Waals surface area (Å²) in [7, 11) is 1.83. The predicted octanol–water partition coefficient (Wildman–Crippen LogP) is 3.12. The molecule has 5 heterocycles. The number of aliphatic hydroxyl groups excluding tert-OH is 1. The molecular weight excluding hydrogens is 500 g/mol. The van der Waals surface area contributed by atoms with Gasteiger partial charge in [-0.1, -0.05) is 0 Å². The number of aliphatic hydroxyl groups is 1. The van der Waals surface area contributed by atoms with Crippen LogP contribution in [0.1, 0.15) is 56.4 Å². The monoisotopic (exact) mass is 534 g/mol. The van der Waals surface area contributed by atoms with Crippen molar-refractivity contribution >= 4 is 29.0 Å². The SMILES string of the molecule is CCOc1nn([C@@H](C)CO)c2c1/C=C/c1n[nH]c3cnc(cc13)-c1c(C)nn(C)c1O[C@@H](C)CN(C(C)=O)C2. The lowest BCUT2D eigenvalue weighted by molar-refractivity contribution is -0.130. The quantitative estimate of drug-likeness (QED) is 0.408. The van der Waals surface area contributed by atoms with E-state index in [0.717, 1.165) is 33.4 Å². The molecule has 2 N–H and O–H groups in total. The van der Waals surface area contributed by atoms with Crippen LogP contribution in [0.3, 0.4) is 0 Å². The summed E-state index contributed by atoms with van der Waals surface area (Å²) in [5, 5.41) is 27.7. The van der Waals surface area contributed by atoms with Crippen molar-refractivity contribution in [2.75, 3.05) is 19.8 Å². The average Bonchev–Trinajstić information content (AvgIpc) is 3.54. The van der Waals surface area contributed by atoms with E-state index in [0.29, 0.717) is 36.3 Å². The molecule has 12 heteroatoms. The van der Waals surface area contributed by atoms with E-state index in [9.17, 15) is 9.90 Å². The average molecular weight is 535 g/mol. The summed E-state index contributed by atoms with van der Waals surface area (Å²) in [6.45, 7) is 10.00. The van der Waals surface area contributed by atoms with Gasteiger partial charge in [0.05, 0.1) is 78.0 Å². The normalized spacial score (nSPS) is 17.2. The van der Waals surface area contributed by atoms with Crippen LogP contribution in [0.5, 0.6) is 11.8 Å². The molecule has 0 saturated heterocycles. The number of aryl methyl sites for hydroxylation is 2. The summed E-state index contributed by atoms with van der Waals surface area (Å²) < 4.78 is 15.8. The molecule has 1 aliphatic heterocycles. The van der Waals surface area contributed by atoms with Crippen LogP contribution in [0.4, 0.5) is 0 Å². The highest BCUT2D eigenvalue weighted by atomic mass is 16.5. The van der Waals surface area contributed by atoms with Crippen LogP contribution in [0.15, 0.2) is 12.3 Å². The first-order chi connectivity index (χ1) is 18.7. The van der Waals surface area contributed by atoms with E-state index in [2.05, 4.69) is 25.4 Å². The van der Waals surface area contributed by atoms with Gasteiger partial charge in [0.2, 0.25) is 17.7 Å². The predicted molar refractivity (Wildman–Crippen MR) is 146 cm³/mol. The Morgan fingerprint density at radius 2 is 2.13 bits per heavy atom. The first kappa shape index (κ1) is 26.4. The maximum atomic E-state index is 12.9. The lowest BCUT2D eigenvalue weighted by Gasteiger charge is -2.26. The number of amides is 1. The molecule has 2 atom stereocenters. The Kier molecular flexibility index (Phi) is 7.13. The van der Waals surface area contributed by atoms with E-state index in [-0.39, 0.29) is 31.2 Å². The zero-order chi connectivity index (χ0) is 27.8. The maximum Gasteiger partial charge on any atom is 0.240 e. The van der Waals surface area contributed by atoms with Gasteiger partial charge >= 0.3 is 0 Å². The fraction of sp³-hybridized carbons (Fsp3) is 0.444. The van der Waals surface area contributed by atoms with Crippen molar-refractivity contribution < 1.29 is 19.4 Å². The van der Waals surface area contributed by atoms with Gasteiger partial charge in [-0.05, 0) is 45.9 Å². The summed E-state index contributed by atoms with van der Waals surface area (Å²) in [5.74, 6) is 0.886. The number of aromatic amines is 1. The van der Waals surface area contributed by atoms with E-state index in [4.69, 9.17) is 9.47 Å². The molecule has 0 radical (unpaired) electrons. The second-order valence-corrected chi connectivity index (χ2v) is 9.85. The van der Waals surface area contributed by atoms with E-state index in [1.54, 1.807) is 20.5 Å². The highest BCUT2D eigenvalue weighted by molar-refractivity contribution is 5.92. The second-order valence-electron chi connectivity index (χ2n) is 9.85. The van der Waals surface area contributed by atoms with Gasteiger partial charge in [-0.3, -0.25) is 19.6 Å². The summed E-state index contributed by atoms with van der Waals surface area (Å²) in [4.78, 5) is 19.2. The minimum Gasteiger partial charge on any atom is -0.476 e. The molecule has 206 valence electrons. The van der Waals surface area contributed by atoms with Crippen molar-refractivity contribution in [3.8, 4) is 23.0 Å². The number of hydrogen-bond acceptors (Lipinski definition) is 8. The summed E-state index contributed by atoms with van der Waals surface area (Å²) in [6.07, 6.45) is 5.19. The Hall–Kier alpha value is -4.19. The van der Waals surface area contributed by atoms with Gasteiger partial charge in [0, 0.05) is 19.4 Å². The molecular formula is C27H34N8O4. The van der Waals surface area contributed by atoms with Crippen molar-refractivity contribution in [2.24, 2.45) is 7.05 Å². The number of H-pyrrole nitrogens is 1. The standard InChI is InChI=1S/C27H34N8O4/c1-7-38-26-19-8-9-21-20-10-22(28-11-23(20)30-29-21)25-17(4)31-33(6)27(25)39-16(3)12-34(18(5)37)13-24(19)35(32-26)15(2)14-36/h8-11,15-16,36H,7,12-14H2,1-6H3,(H,29,30)/b9-8+/t15-,16-/m0/s1. The third-order valence-electron chi connectivity index (χ3n) is 6.87. The number of hydrogen-bond donors (Lipinski definition) is 2. The second kappa shape index (κ2) is 10.5. The van der Waals surface area contributed by atoms with Crippen molar-refractivity contribution in [1.29, 1.82) is 0 Å². The molecule has 0 saturated carbocycles. The number of rotatable bonds is 4. The van der Waals surface area contributed by atoms with Crippen LogP contribution in [0.25, 0.3) is 34.3 Å². The van der Waals surface area contributed by atoms with Gasteiger partial charge in [-0.2, -0.15) is 10.2 Å².